The van der Waals surface area contributed by atoms with E-state index in [2.05, 4.69) is 5.32 Å². The maximum Gasteiger partial charge on any atom is 0.227 e. The molecule has 1 saturated heterocycles. The second-order valence-electron chi connectivity index (χ2n) is 6.67. The molecular formula is C21H21N2O5-. The van der Waals surface area contributed by atoms with Crippen LogP contribution in [0.4, 0.5) is 5.69 Å². The molecule has 146 valence electrons. The van der Waals surface area contributed by atoms with Gasteiger partial charge in [-0.1, -0.05) is 30.3 Å². The highest BCUT2D eigenvalue weighted by Crippen LogP contribution is 2.27. The molecule has 7 nitrogen and oxygen atoms in total. The molecule has 2 amide bonds. The van der Waals surface area contributed by atoms with E-state index in [0.717, 1.165) is 5.56 Å². The molecule has 28 heavy (non-hydrogen) atoms. The van der Waals surface area contributed by atoms with E-state index >= 15 is 0 Å². The van der Waals surface area contributed by atoms with Gasteiger partial charge in [-0.05, 0) is 36.2 Å². The summed E-state index contributed by atoms with van der Waals surface area (Å²) in [7, 11) is 1.56. The highest BCUT2D eigenvalue weighted by molar-refractivity contribution is 6.00. The van der Waals surface area contributed by atoms with Gasteiger partial charge in [-0.2, -0.15) is 0 Å². The minimum absolute atomic E-state index is 0.0307. The Hall–Kier alpha value is -3.35. The highest BCUT2D eigenvalue weighted by Gasteiger charge is 2.35. The number of methoxy groups -OCH3 is 1. The van der Waals surface area contributed by atoms with Gasteiger partial charge in [0.15, 0.2) is 0 Å². The molecule has 1 aliphatic heterocycles. The smallest absolute Gasteiger partial charge is 0.227 e. The molecule has 1 heterocycles. The van der Waals surface area contributed by atoms with E-state index in [1.54, 1.807) is 55.6 Å². The number of carbonyl (C=O) groups is 3. The van der Waals surface area contributed by atoms with Crippen LogP contribution in [-0.2, 0) is 20.8 Å². The SMILES string of the molecule is COc1ccc(N2C[C@H](C(=O)N[C@@H](Cc3ccccc3)C(=O)[O-])CC2=O)cc1. The van der Waals surface area contributed by atoms with Gasteiger partial charge < -0.3 is 24.9 Å². The van der Waals surface area contributed by atoms with Crippen molar-refractivity contribution in [3.05, 3.63) is 60.2 Å². The van der Waals surface area contributed by atoms with E-state index in [1.165, 1.54) is 4.90 Å². The van der Waals surface area contributed by atoms with Crippen LogP contribution in [0.1, 0.15) is 12.0 Å². The van der Waals surface area contributed by atoms with Crippen molar-refractivity contribution in [2.75, 3.05) is 18.6 Å². The number of amides is 2. The van der Waals surface area contributed by atoms with E-state index in [-0.39, 0.29) is 25.3 Å². The van der Waals surface area contributed by atoms with Crippen molar-refractivity contribution in [3.63, 3.8) is 0 Å². The first-order valence-electron chi connectivity index (χ1n) is 8.97. The fraction of sp³-hybridized carbons (Fsp3) is 0.286. The summed E-state index contributed by atoms with van der Waals surface area (Å²) in [6.45, 7) is 0.197. The van der Waals surface area contributed by atoms with Gasteiger partial charge in [0.25, 0.3) is 0 Å². The Bertz CT molecular complexity index is 851. The van der Waals surface area contributed by atoms with Crippen molar-refractivity contribution in [1.82, 2.24) is 5.32 Å². The molecule has 0 saturated carbocycles. The number of nitrogens with one attached hydrogen (secondary N) is 1. The van der Waals surface area contributed by atoms with Crippen molar-refractivity contribution in [1.29, 1.82) is 0 Å². The van der Waals surface area contributed by atoms with Crippen LogP contribution in [-0.4, -0.2) is 37.5 Å². The van der Waals surface area contributed by atoms with Crippen molar-refractivity contribution < 1.29 is 24.2 Å². The minimum atomic E-state index is -1.35. The van der Waals surface area contributed by atoms with Gasteiger partial charge in [-0.3, -0.25) is 9.59 Å². The van der Waals surface area contributed by atoms with Crippen LogP contribution in [0.3, 0.4) is 0 Å². The zero-order valence-corrected chi connectivity index (χ0v) is 15.5. The molecule has 1 fully saturated rings. The maximum absolute atomic E-state index is 12.6. The largest absolute Gasteiger partial charge is 0.548 e. The third-order valence-electron chi connectivity index (χ3n) is 4.76. The Morgan fingerprint density at radius 3 is 2.46 bits per heavy atom. The summed E-state index contributed by atoms with van der Waals surface area (Å²) < 4.78 is 5.10. The summed E-state index contributed by atoms with van der Waals surface area (Å²) in [4.78, 5) is 37.9. The monoisotopic (exact) mass is 381 g/mol. The molecule has 2 atom stereocenters. The lowest BCUT2D eigenvalue weighted by molar-refractivity contribution is -0.308. The standard InChI is InChI=1S/C21H22N2O5/c1-28-17-9-7-16(8-10-17)23-13-15(12-19(23)24)20(25)22-18(21(26)27)11-14-5-3-2-4-6-14/h2-10,15,18H,11-13H2,1H3,(H,22,25)(H,26,27)/p-1/t15-,18+/m1/s1. The van der Waals surface area contributed by atoms with Crippen LogP contribution in [0.2, 0.25) is 0 Å². The number of hydrogen-bond acceptors (Lipinski definition) is 5. The summed E-state index contributed by atoms with van der Waals surface area (Å²) in [6.07, 6.45) is 0.154. The van der Waals surface area contributed by atoms with Crippen molar-refractivity contribution in [2.24, 2.45) is 5.92 Å². The van der Waals surface area contributed by atoms with E-state index in [4.69, 9.17) is 4.74 Å². The number of nitrogens with zero attached hydrogens (tertiary/aromatic N) is 1. The van der Waals surface area contributed by atoms with Crippen LogP contribution in [0.5, 0.6) is 5.75 Å². The molecule has 3 rings (SSSR count). The second kappa shape index (κ2) is 8.56. The fourth-order valence-corrected chi connectivity index (χ4v) is 3.23. The predicted octanol–water partition coefficient (Wildman–Crippen LogP) is 0.525. The number of ether oxygens (including phenoxy) is 1. The first kappa shape index (κ1) is 19.4. The summed E-state index contributed by atoms with van der Waals surface area (Å²) in [5.74, 6) is -1.95. The number of carboxylic acid groups (broad SMARTS) is 1. The summed E-state index contributed by atoms with van der Waals surface area (Å²) in [6, 6.07) is 14.8. The molecular weight excluding hydrogens is 360 g/mol. The van der Waals surface area contributed by atoms with Gasteiger partial charge in [-0.25, -0.2) is 0 Å². The summed E-state index contributed by atoms with van der Waals surface area (Å²) in [5.41, 5.74) is 1.45. The molecule has 0 radical (unpaired) electrons. The van der Waals surface area contributed by atoms with Crippen LogP contribution in [0.25, 0.3) is 0 Å². The minimum Gasteiger partial charge on any atom is -0.548 e. The Balaban J connectivity index is 1.64. The molecule has 2 aromatic carbocycles. The van der Waals surface area contributed by atoms with E-state index in [9.17, 15) is 19.5 Å². The third-order valence-corrected chi connectivity index (χ3v) is 4.76. The molecule has 1 aliphatic rings. The van der Waals surface area contributed by atoms with E-state index < -0.39 is 23.8 Å². The quantitative estimate of drug-likeness (QED) is 0.754. The van der Waals surface area contributed by atoms with Gasteiger partial charge in [0, 0.05) is 18.7 Å². The molecule has 1 N–H and O–H groups in total. The van der Waals surface area contributed by atoms with Crippen molar-refractivity contribution >= 4 is 23.5 Å². The lowest BCUT2D eigenvalue weighted by Gasteiger charge is -2.22. The lowest BCUT2D eigenvalue weighted by Crippen LogP contribution is -2.51. The number of benzene rings is 2. The van der Waals surface area contributed by atoms with Crippen LogP contribution < -0.4 is 20.1 Å². The Morgan fingerprint density at radius 2 is 1.86 bits per heavy atom. The average Bonchev–Trinajstić information content (AvgIpc) is 3.10. The molecule has 0 bridgehead atoms. The molecule has 0 unspecified atom stereocenters. The number of rotatable bonds is 7. The number of aliphatic carboxylic acids is 1. The molecule has 2 aromatic rings. The van der Waals surface area contributed by atoms with Gasteiger partial charge in [0.1, 0.15) is 5.75 Å². The summed E-state index contributed by atoms with van der Waals surface area (Å²) in [5, 5.41) is 14.0. The molecule has 0 aromatic heterocycles. The van der Waals surface area contributed by atoms with E-state index in [1.807, 2.05) is 6.07 Å². The zero-order chi connectivity index (χ0) is 20.1. The van der Waals surface area contributed by atoms with Crippen molar-refractivity contribution in [2.45, 2.75) is 18.9 Å². The predicted molar refractivity (Wildman–Crippen MR) is 101 cm³/mol. The van der Waals surface area contributed by atoms with Gasteiger partial charge in [-0.15, -0.1) is 0 Å². The number of carboxylic acids is 1. The maximum atomic E-state index is 12.6. The van der Waals surface area contributed by atoms with Gasteiger partial charge in [0.05, 0.1) is 25.0 Å². The average molecular weight is 381 g/mol. The number of hydrogen-bond donors (Lipinski definition) is 1. The first-order chi connectivity index (χ1) is 13.5. The van der Waals surface area contributed by atoms with Crippen LogP contribution >= 0.6 is 0 Å². The van der Waals surface area contributed by atoms with Crippen LogP contribution in [0.15, 0.2) is 54.6 Å². The van der Waals surface area contributed by atoms with Gasteiger partial charge >= 0.3 is 0 Å². The molecule has 0 spiro atoms. The number of carbonyl (C=O) groups excluding carboxylic acids is 3. The Labute approximate surface area is 162 Å². The second-order valence-corrected chi connectivity index (χ2v) is 6.67. The van der Waals surface area contributed by atoms with Crippen LogP contribution in [0, 0.1) is 5.92 Å². The number of anilines is 1. The molecule has 0 aliphatic carbocycles. The molecule has 7 heteroatoms. The summed E-state index contributed by atoms with van der Waals surface area (Å²) >= 11 is 0. The normalized spacial score (nSPS) is 17.2. The Morgan fingerprint density at radius 1 is 1.18 bits per heavy atom. The first-order valence-corrected chi connectivity index (χ1v) is 8.97. The van der Waals surface area contributed by atoms with Gasteiger partial charge in [0.2, 0.25) is 11.8 Å². The Kier molecular flexibility index (Phi) is 5.93. The highest BCUT2D eigenvalue weighted by atomic mass is 16.5. The fourth-order valence-electron chi connectivity index (χ4n) is 3.23. The third kappa shape index (κ3) is 4.49. The van der Waals surface area contributed by atoms with Crippen molar-refractivity contribution in [3.8, 4) is 5.75 Å². The topological polar surface area (TPSA) is 98.8 Å². The zero-order valence-electron chi connectivity index (χ0n) is 15.5. The lowest BCUT2D eigenvalue weighted by atomic mass is 10.0. The van der Waals surface area contributed by atoms with E-state index in [0.29, 0.717) is 11.4 Å².